The fourth-order valence-corrected chi connectivity index (χ4v) is 2.90. The molecule has 7 heteroatoms. The molecular formula is C13H19Cl2N2O3+. The lowest BCUT2D eigenvalue weighted by Gasteiger charge is -2.33. The molecule has 0 N–H and O–H groups in total. The Morgan fingerprint density at radius 3 is 2.35 bits per heavy atom. The third kappa shape index (κ3) is 4.51. The number of hydrogen-bond acceptors (Lipinski definition) is 3. The van der Waals surface area contributed by atoms with Gasteiger partial charge < -0.3 is 9.22 Å². The highest BCUT2D eigenvalue weighted by atomic mass is 35.5. The normalized spacial score (nSPS) is 11.4. The maximum absolute atomic E-state index is 11.1. The first kappa shape index (κ1) is 17.0. The number of alkyl halides is 2. The first-order valence-corrected chi connectivity index (χ1v) is 7.29. The first-order chi connectivity index (χ1) is 9.45. The summed E-state index contributed by atoms with van der Waals surface area (Å²) >= 11 is 11.7. The van der Waals surface area contributed by atoms with Crippen molar-refractivity contribution in [1.29, 1.82) is 0 Å². The summed E-state index contributed by atoms with van der Waals surface area (Å²) in [6.07, 6.45) is 0. The van der Waals surface area contributed by atoms with Crippen molar-refractivity contribution in [2.45, 2.75) is 6.54 Å². The zero-order valence-electron chi connectivity index (χ0n) is 11.6. The molecule has 0 aromatic heterocycles. The van der Waals surface area contributed by atoms with Crippen LogP contribution in [0.25, 0.3) is 0 Å². The van der Waals surface area contributed by atoms with Crippen LogP contribution in [0.15, 0.2) is 18.2 Å². The summed E-state index contributed by atoms with van der Waals surface area (Å²) in [5.41, 5.74) is 0.728. The van der Waals surface area contributed by atoms with Gasteiger partial charge in [0.15, 0.2) is 0 Å². The van der Waals surface area contributed by atoms with Gasteiger partial charge in [0.1, 0.15) is 12.3 Å². The second-order valence-electron chi connectivity index (χ2n) is 4.85. The topological polar surface area (TPSA) is 52.4 Å². The van der Waals surface area contributed by atoms with Gasteiger partial charge in [0.05, 0.1) is 49.5 Å². The molecule has 0 radical (unpaired) electrons. The molecule has 112 valence electrons. The maximum Gasteiger partial charge on any atom is 0.278 e. The highest BCUT2D eigenvalue weighted by Crippen LogP contribution is 2.27. The second-order valence-corrected chi connectivity index (χ2v) is 5.61. The van der Waals surface area contributed by atoms with Crippen LogP contribution in [0.1, 0.15) is 5.56 Å². The average Bonchev–Trinajstić information content (AvgIpc) is 2.38. The minimum Gasteiger partial charge on any atom is -0.497 e. The van der Waals surface area contributed by atoms with Gasteiger partial charge in [0.25, 0.3) is 5.69 Å². The molecule has 0 aliphatic carbocycles. The molecule has 1 rings (SSSR count). The molecule has 0 aliphatic heterocycles. The highest BCUT2D eigenvalue weighted by Gasteiger charge is 2.26. The van der Waals surface area contributed by atoms with Gasteiger partial charge in [-0.2, -0.15) is 0 Å². The lowest BCUT2D eigenvalue weighted by atomic mass is 10.1. The Bertz CT molecular complexity index is 463. The Hall–Kier alpha value is -1.04. The van der Waals surface area contributed by atoms with E-state index < -0.39 is 0 Å². The molecule has 0 bridgehead atoms. The first-order valence-electron chi connectivity index (χ1n) is 6.22. The number of quaternary nitrogens is 1. The van der Waals surface area contributed by atoms with Crippen LogP contribution < -0.4 is 4.74 Å². The van der Waals surface area contributed by atoms with Crippen molar-refractivity contribution in [3.63, 3.8) is 0 Å². The number of benzene rings is 1. The Balaban J connectivity index is 3.12. The lowest BCUT2D eigenvalue weighted by molar-refractivity contribution is -0.918. The Morgan fingerprint density at radius 2 is 1.90 bits per heavy atom. The molecular weight excluding hydrogens is 303 g/mol. The largest absolute Gasteiger partial charge is 0.497 e. The van der Waals surface area contributed by atoms with Gasteiger partial charge in [-0.15, -0.1) is 23.2 Å². The van der Waals surface area contributed by atoms with Crippen molar-refractivity contribution < 1.29 is 14.1 Å². The van der Waals surface area contributed by atoms with Crippen molar-refractivity contribution in [2.75, 3.05) is 39.0 Å². The van der Waals surface area contributed by atoms with E-state index in [0.717, 1.165) is 0 Å². The summed E-state index contributed by atoms with van der Waals surface area (Å²) in [7, 11) is 3.53. The summed E-state index contributed by atoms with van der Waals surface area (Å²) in [4.78, 5) is 10.8. The quantitative estimate of drug-likeness (QED) is 0.320. The lowest BCUT2D eigenvalue weighted by Crippen LogP contribution is -2.46. The van der Waals surface area contributed by atoms with Crippen LogP contribution in [0, 0.1) is 10.1 Å². The van der Waals surface area contributed by atoms with E-state index in [1.807, 2.05) is 7.05 Å². The Morgan fingerprint density at radius 1 is 1.30 bits per heavy atom. The van der Waals surface area contributed by atoms with E-state index >= 15 is 0 Å². The van der Waals surface area contributed by atoms with Crippen LogP contribution in [0.5, 0.6) is 5.75 Å². The summed E-state index contributed by atoms with van der Waals surface area (Å²) in [6.45, 7) is 1.89. The SMILES string of the molecule is COc1ccc([N+](=O)[O-])c(C[N+](C)(CCCl)CCCl)c1. The maximum atomic E-state index is 11.1. The molecule has 0 aliphatic rings. The number of methoxy groups -OCH3 is 1. The molecule has 5 nitrogen and oxygen atoms in total. The van der Waals surface area contributed by atoms with Crippen LogP contribution in [0.4, 0.5) is 5.69 Å². The molecule has 0 atom stereocenters. The van der Waals surface area contributed by atoms with Crippen molar-refractivity contribution in [1.82, 2.24) is 0 Å². The number of nitrogens with zero attached hydrogens (tertiary/aromatic N) is 2. The van der Waals surface area contributed by atoms with Crippen LogP contribution in [-0.4, -0.2) is 48.4 Å². The predicted octanol–water partition coefficient (Wildman–Crippen LogP) is 3.03. The number of ether oxygens (including phenoxy) is 1. The van der Waals surface area contributed by atoms with Crippen molar-refractivity contribution in [3.8, 4) is 5.75 Å². The third-order valence-corrected chi connectivity index (χ3v) is 3.62. The second kappa shape index (κ2) is 7.67. The van der Waals surface area contributed by atoms with E-state index in [2.05, 4.69) is 0 Å². The molecule has 0 heterocycles. The van der Waals surface area contributed by atoms with E-state index in [4.69, 9.17) is 27.9 Å². The summed E-state index contributed by atoms with van der Waals surface area (Å²) in [5.74, 6) is 1.56. The molecule has 0 unspecified atom stereocenters. The van der Waals surface area contributed by atoms with Crippen LogP contribution in [-0.2, 0) is 6.54 Å². The van der Waals surface area contributed by atoms with Gasteiger partial charge in [-0.3, -0.25) is 10.1 Å². The molecule has 20 heavy (non-hydrogen) atoms. The van der Waals surface area contributed by atoms with Crippen molar-refractivity contribution >= 4 is 28.9 Å². The third-order valence-electron chi connectivity index (χ3n) is 3.28. The monoisotopic (exact) mass is 321 g/mol. The van der Waals surface area contributed by atoms with Crippen molar-refractivity contribution in [2.24, 2.45) is 0 Å². The van der Waals surface area contributed by atoms with Gasteiger partial charge in [-0.1, -0.05) is 0 Å². The molecule has 1 aromatic carbocycles. The number of halogens is 2. The summed E-state index contributed by atoms with van der Waals surface area (Å²) in [5, 5.41) is 11.1. The van der Waals surface area contributed by atoms with Crippen LogP contribution >= 0.6 is 23.2 Å². The molecule has 0 fully saturated rings. The van der Waals surface area contributed by atoms with Gasteiger partial charge in [0, 0.05) is 6.07 Å². The van der Waals surface area contributed by atoms with Gasteiger partial charge in [-0.05, 0) is 12.1 Å². The van der Waals surface area contributed by atoms with E-state index in [-0.39, 0.29) is 10.6 Å². The number of nitro benzene ring substituents is 1. The highest BCUT2D eigenvalue weighted by molar-refractivity contribution is 6.18. The van der Waals surface area contributed by atoms with E-state index in [1.165, 1.54) is 13.2 Å². The smallest absolute Gasteiger partial charge is 0.278 e. The fourth-order valence-electron chi connectivity index (χ4n) is 2.08. The summed E-state index contributed by atoms with van der Waals surface area (Å²) < 4.78 is 5.70. The Kier molecular flexibility index (Phi) is 6.52. The minimum absolute atomic E-state index is 0.0966. The predicted molar refractivity (Wildman–Crippen MR) is 80.7 cm³/mol. The molecule has 1 aromatic rings. The molecule has 0 saturated carbocycles. The van der Waals surface area contributed by atoms with Crippen LogP contribution in [0.2, 0.25) is 0 Å². The van der Waals surface area contributed by atoms with E-state index in [9.17, 15) is 10.1 Å². The van der Waals surface area contributed by atoms with E-state index in [0.29, 0.717) is 47.2 Å². The molecule has 0 spiro atoms. The van der Waals surface area contributed by atoms with Crippen molar-refractivity contribution in [3.05, 3.63) is 33.9 Å². The molecule has 0 saturated heterocycles. The zero-order chi connectivity index (χ0) is 15.2. The number of hydrogen-bond donors (Lipinski definition) is 0. The Labute approximate surface area is 128 Å². The number of nitro groups is 1. The minimum atomic E-state index is -0.374. The van der Waals surface area contributed by atoms with Crippen LogP contribution in [0.3, 0.4) is 0 Å². The fraction of sp³-hybridized carbons (Fsp3) is 0.538. The summed E-state index contributed by atoms with van der Waals surface area (Å²) in [6, 6.07) is 4.77. The standard InChI is InChI=1S/C13H19Cl2N2O3/c1-17(7-5-14,8-6-15)10-11-9-12(20-2)3-4-13(11)16(18)19/h3-4,9H,5-8,10H2,1-2H3/q+1. The zero-order valence-corrected chi connectivity index (χ0v) is 13.2. The van der Waals surface area contributed by atoms with E-state index in [1.54, 1.807) is 12.1 Å². The number of rotatable bonds is 8. The average molecular weight is 322 g/mol. The van der Waals surface area contributed by atoms with Gasteiger partial charge >= 0.3 is 0 Å². The molecule has 0 amide bonds. The van der Waals surface area contributed by atoms with Gasteiger partial charge in [0.2, 0.25) is 0 Å². The van der Waals surface area contributed by atoms with Gasteiger partial charge in [-0.25, -0.2) is 0 Å².